The van der Waals surface area contributed by atoms with Crippen LogP contribution in [-0.2, 0) is 0 Å². The highest BCUT2D eigenvalue weighted by Crippen LogP contribution is 2.20. The second-order valence-corrected chi connectivity index (χ2v) is 6.06. The average molecular weight is 363 g/mol. The van der Waals surface area contributed by atoms with E-state index < -0.39 is 0 Å². The molecule has 0 radical (unpaired) electrons. The summed E-state index contributed by atoms with van der Waals surface area (Å²) in [5.41, 5.74) is 3.99. The predicted molar refractivity (Wildman–Crippen MR) is 92.4 cm³/mol. The standard InChI is InChI=1S/C17H19BrN2O2/c1-11-4-7-16(13(3)8-11)22-10-19-17(21)20-15-6-5-14(18)9-12(15)2/h4-9H,10H2,1-3H3,(H2,19,20,21). The van der Waals surface area contributed by atoms with Crippen LogP contribution in [0.25, 0.3) is 0 Å². The van der Waals surface area contributed by atoms with Crippen LogP contribution in [0.2, 0.25) is 0 Å². The smallest absolute Gasteiger partial charge is 0.321 e. The van der Waals surface area contributed by atoms with Crippen molar-refractivity contribution in [2.45, 2.75) is 20.8 Å². The number of carbonyl (C=O) groups excluding carboxylic acids is 1. The van der Waals surface area contributed by atoms with Gasteiger partial charge in [0.05, 0.1) is 0 Å². The molecule has 0 saturated carbocycles. The number of halogens is 1. The minimum Gasteiger partial charge on any atom is -0.473 e. The van der Waals surface area contributed by atoms with Gasteiger partial charge in [0.15, 0.2) is 6.73 Å². The summed E-state index contributed by atoms with van der Waals surface area (Å²) < 4.78 is 6.55. The number of urea groups is 1. The average Bonchev–Trinajstić information content (AvgIpc) is 2.44. The van der Waals surface area contributed by atoms with Gasteiger partial charge in [-0.05, 0) is 56.2 Å². The van der Waals surface area contributed by atoms with Gasteiger partial charge in [0.25, 0.3) is 0 Å². The quantitative estimate of drug-likeness (QED) is 0.784. The first kappa shape index (κ1) is 16.4. The van der Waals surface area contributed by atoms with Gasteiger partial charge in [-0.2, -0.15) is 0 Å². The number of nitrogens with one attached hydrogen (secondary N) is 2. The Morgan fingerprint density at radius 1 is 1.09 bits per heavy atom. The van der Waals surface area contributed by atoms with Crippen LogP contribution < -0.4 is 15.4 Å². The summed E-state index contributed by atoms with van der Waals surface area (Å²) >= 11 is 3.39. The SMILES string of the molecule is Cc1ccc(OCNC(=O)Nc2ccc(Br)cc2C)c(C)c1. The molecule has 0 atom stereocenters. The molecule has 0 aromatic heterocycles. The topological polar surface area (TPSA) is 50.4 Å². The Morgan fingerprint density at radius 3 is 2.55 bits per heavy atom. The number of anilines is 1. The fourth-order valence-electron chi connectivity index (χ4n) is 2.07. The molecule has 0 aliphatic heterocycles. The molecule has 5 heteroatoms. The fourth-order valence-corrected chi connectivity index (χ4v) is 2.55. The summed E-state index contributed by atoms with van der Waals surface area (Å²) in [7, 11) is 0. The van der Waals surface area contributed by atoms with Gasteiger partial charge >= 0.3 is 6.03 Å². The van der Waals surface area contributed by atoms with Crippen LogP contribution in [0.3, 0.4) is 0 Å². The number of hydrogen-bond donors (Lipinski definition) is 2. The largest absolute Gasteiger partial charge is 0.473 e. The number of carbonyl (C=O) groups is 1. The van der Waals surface area contributed by atoms with Crippen molar-refractivity contribution in [1.82, 2.24) is 5.32 Å². The minimum atomic E-state index is -0.296. The first-order valence-corrected chi connectivity index (χ1v) is 7.76. The Bertz CT molecular complexity index is 686. The molecule has 0 heterocycles. The van der Waals surface area contributed by atoms with Crippen LogP contribution in [0.5, 0.6) is 5.75 Å². The second kappa shape index (κ2) is 7.31. The summed E-state index contributed by atoms with van der Waals surface area (Å²) in [6.45, 7) is 6.06. The Kier molecular flexibility index (Phi) is 5.44. The van der Waals surface area contributed by atoms with Gasteiger partial charge in [0, 0.05) is 10.2 Å². The molecule has 2 rings (SSSR count). The van der Waals surface area contributed by atoms with E-state index in [0.29, 0.717) is 0 Å². The molecule has 2 amide bonds. The molecular weight excluding hydrogens is 344 g/mol. The molecule has 22 heavy (non-hydrogen) atoms. The molecule has 0 saturated heterocycles. The molecule has 0 fully saturated rings. The molecule has 0 aliphatic rings. The van der Waals surface area contributed by atoms with E-state index in [2.05, 4.69) is 26.6 Å². The monoisotopic (exact) mass is 362 g/mol. The molecule has 0 unspecified atom stereocenters. The number of ether oxygens (including phenoxy) is 1. The molecule has 2 N–H and O–H groups in total. The summed E-state index contributed by atoms with van der Waals surface area (Å²) in [4.78, 5) is 11.9. The maximum absolute atomic E-state index is 11.9. The maximum Gasteiger partial charge on any atom is 0.321 e. The van der Waals surface area contributed by atoms with E-state index in [0.717, 1.165) is 27.0 Å². The van der Waals surface area contributed by atoms with Gasteiger partial charge in [0.1, 0.15) is 5.75 Å². The molecule has 0 bridgehead atoms. The van der Waals surface area contributed by atoms with E-state index in [9.17, 15) is 4.79 Å². The Hall–Kier alpha value is -2.01. The first-order valence-electron chi connectivity index (χ1n) is 6.97. The highest BCUT2D eigenvalue weighted by molar-refractivity contribution is 9.10. The molecule has 0 spiro atoms. The van der Waals surface area contributed by atoms with Crippen LogP contribution >= 0.6 is 15.9 Å². The van der Waals surface area contributed by atoms with Crippen LogP contribution in [0, 0.1) is 20.8 Å². The molecular formula is C17H19BrN2O2. The van der Waals surface area contributed by atoms with Crippen molar-refractivity contribution in [3.05, 3.63) is 57.6 Å². The van der Waals surface area contributed by atoms with Crippen molar-refractivity contribution in [2.24, 2.45) is 0 Å². The van der Waals surface area contributed by atoms with E-state index in [-0.39, 0.29) is 12.8 Å². The predicted octanol–water partition coefficient (Wildman–Crippen LogP) is 4.53. The van der Waals surface area contributed by atoms with Crippen molar-refractivity contribution >= 4 is 27.6 Å². The number of rotatable bonds is 4. The zero-order valence-corrected chi connectivity index (χ0v) is 14.5. The normalized spacial score (nSPS) is 10.2. The van der Waals surface area contributed by atoms with Gasteiger partial charge in [-0.1, -0.05) is 33.6 Å². The molecule has 116 valence electrons. The van der Waals surface area contributed by atoms with Gasteiger partial charge < -0.3 is 15.4 Å². The summed E-state index contributed by atoms with van der Waals surface area (Å²) in [6.07, 6.45) is 0. The fraction of sp³-hybridized carbons (Fsp3) is 0.235. The van der Waals surface area contributed by atoms with E-state index >= 15 is 0 Å². The van der Waals surface area contributed by atoms with Crippen LogP contribution in [0.1, 0.15) is 16.7 Å². The summed E-state index contributed by atoms with van der Waals surface area (Å²) in [5, 5.41) is 5.48. The third-order valence-corrected chi connectivity index (χ3v) is 3.72. The third-order valence-electron chi connectivity index (χ3n) is 3.23. The highest BCUT2D eigenvalue weighted by atomic mass is 79.9. The number of amides is 2. The van der Waals surface area contributed by atoms with Crippen molar-refractivity contribution < 1.29 is 9.53 Å². The number of benzene rings is 2. The van der Waals surface area contributed by atoms with Crippen molar-refractivity contribution in [3.8, 4) is 5.75 Å². The van der Waals surface area contributed by atoms with E-state index in [1.165, 1.54) is 5.56 Å². The molecule has 2 aromatic carbocycles. The zero-order chi connectivity index (χ0) is 16.1. The number of aryl methyl sites for hydroxylation is 3. The molecule has 2 aromatic rings. The molecule has 0 aliphatic carbocycles. The molecule has 4 nitrogen and oxygen atoms in total. The van der Waals surface area contributed by atoms with E-state index in [4.69, 9.17) is 4.74 Å². The summed E-state index contributed by atoms with van der Waals surface area (Å²) in [6, 6.07) is 11.3. The number of hydrogen-bond acceptors (Lipinski definition) is 2. The summed E-state index contributed by atoms with van der Waals surface area (Å²) in [5.74, 6) is 0.769. The lowest BCUT2D eigenvalue weighted by Crippen LogP contribution is -2.32. The van der Waals surface area contributed by atoms with Crippen LogP contribution in [0.4, 0.5) is 10.5 Å². The van der Waals surface area contributed by atoms with Gasteiger partial charge in [0.2, 0.25) is 0 Å². The minimum absolute atomic E-state index is 0.116. The second-order valence-electron chi connectivity index (χ2n) is 5.15. The third kappa shape index (κ3) is 4.49. The van der Waals surface area contributed by atoms with Crippen molar-refractivity contribution in [2.75, 3.05) is 12.0 Å². The highest BCUT2D eigenvalue weighted by Gasteiger charge is 2.05. The van der Waals surface area contributed by atoms with Crippen LogP contribution in [0.15, 0.2) is 40.9 Å². The lowest BCUT2D eigenvalue weighted by molar-refractivity contribution is 0.234. The van der Waals surface area contributed by atoms with Gasteiger partial charge in [-0.3, -0.25) is 0 Å². The van der Waals surface area contributed by atoms with Gasteiger partial charge in [-0.25, -0.2) is 4.79 Å². The Labute approximate surface area is 139 Å². The van der Waals surface area contributed by atoms with Crippen molar-refractivity contribution in [1.29, 1.82) is 0 Å². The van der Waals surface area contributed by atoms with Crippen LogP contribution in [-0.4, -0.2) is 12.8 Å². The van der Waals surface area contributed by atoms with Gasteiger partial charge in [-0.15, -0.1) is 0 Å². The van der Waals surface area contributed by atoms with Crippen molar-refractivity contribution in [3.63, 3.8) is 0 Å². The Balaban J connectivity index is 1.85. The zero-order valence-electron chi connectivity index (χ0n) is 12.9. The Morgan fingerprint density at radius 2 is 1.86 bits per heavy atom. The van der Waals surface area contributed by atoms with E-state index in [1.807, 2.05) is 57.2 Å². The lowest BCUT2D eigenvalue weighted by Gasteiger charge is -2.12. The lowest BCUT2D eigenvalue weighted by atomic mass is 10.1. The maximum atomic E-state index is 11.9. The van der Waals surface area contributed by atoms with E-state index in [1.54, 1.807) is 0 Å². The first-order chi connectivity index (χ1) is 10.5.